The van der Waals surface area contributed by atoms with E-state index in [1.807, 2.05) is 49.4 Å². The highest BCUT2D eigenvalue weighted by molar-refractivity contribution is 6.32. The van der Waals surface area contributed by atoms with Crippen LogP contribution < -0.4 is 9.47 Å². The molecule has 0 radical (unpaired) electrons. The van der Waals surface area contributed by atoms with Gasteiger partial charge in [0.1, 0.15) is 5.82 Å². The molecule has 3 aromatic carbocycles. The fraction of sp³-hybridized carbons (Fsp3) is 0.179. The highest BCUT2D eigenvalue weighted by Gasteiger charge is 2.32. The molecule has 1 N–H and O–H groups in total. The van der Waals surface area contributed by atoms with Crippen LogP contribution >= 0.6 is 11.6 Å². The van der Waals surface area contributed by atoms with Crippen LogP contribution in [0.1, 0.15) is 41.5 Å². The molecule has 1 heterocycles. The Labute approximate surface area is 202 Å². The Balaban J connectivity index is 1.91. The van der Waals surface area contributed by atoms with Crippen LogP contribution in [0.5, 0.6) is 11.5 Å². The van der Waals surface area contributed by atoms with Crippen molar-refractivity contribution in [3.05, 3.63) is 99.8 Å². The van der Waals surface area contributed by atoms with Crippen molar-refractivity contribution < 1.29 is 23.8 Å². The van der Waals surface area contributed by atoms with Gasteiger partial charge in [-0.25, -0.2) is 9.18 Å². The summed E-state index contributed by atoms with van der Waals surface area (Å²) in [7, 11) is 1.61. The number of rotatable bonds is 7. The summed E-state index contributed by atoms with van der Waals surface area (Å²) in [5.41, 5.74) is 5.52. The first-order valence-corrected chi connectivity index (χ1v) is 11.3. The van der Waals surface area contributed by atoms with Crippen LogP contribution in [0.4, 0.5) is 4.39 Å². The Hall–Kier alpha value is -3.57. The Morgan fingerprint density at radius 1 is 1.21 bits per heavy atom. The van der Waals surface area contributed by atoms with Crippen LogP contribution in [0.3, 0.4) is 0 Å². The number of carboxylic acids is 1. The van der Waals surface area contributed by atoms with Crippen LogP contribution in [-0.4, -0.2) is 24.8 Å². The van der Waals surface area contributed by atoms with Crippen molar-refractivity contribution in [2.75, 3.05) is 13.7 Å². The van der Waals surface area contributed by atoms with Crippen molar-refractivity contribution in [3.8, 4) is 11.5 Å². The minimum atomic E-state index is -1.00. The molecule has 1 atom stereocenters. The number of hydrogen-bond acceptors (Lipinski definition) is 3. The van der Waals surface area contributed by atoms with Crippen LogP contribution in [0.2, 0.25) is 5.02 Å². The van der Waals surface area contributed by atoms with E-state index >= 15 is 0 Å². The standard InChI is InChI=1S/C28H24ClFO4/c1-3-20(21-13-12-19(30)15-24(21)29)27(18-10-7-17(8-11-18)9-14-26(31)32)23-16-34-28-22(23)5-4-6-25(28)33-2/h4-15,23H,3,16H2,1-2H3,(H,31,32)/b14-9+,27-20+. The van der Waals surface area contributed by atoms with Crippen molar-refractivity contribution in [3.63, 3.8) is 0 Å². The lowest BCUT2D eigenvalue weighted by Gasteiger charge is -2.22. The summed E-state index contributed by atoms with van der Waals surface area (Å²) < 4.78 is 25.4. The molecule has 1 aliphatic heterocycles. The van der Waals surface area contributed by atoms with Gasteiger partial charge >= 0.3 is 5.97 Å². The first kappa shape index (κ1) is 23.6. The van der Waals surface area contributed by atoms with Crippen LogP contribution in [-0.2, 0) is 4.79 Å². The molecule has 0 amide bonds. The second-order valence-electron chi connectivity index (χ2n) is 7.91. The number of hydrogen-bond donors (Lipinski definition) is 1. The number of halogens is 2. The Kier molecular flexibility index (Phi) is 7.03. The van der Waals surface area contributed by atoms with E-state index in [-0.39, 0.29) is 11.7 Å². The summed E-state index contributed by atoms with van der Waals surface area (Å²) in [6.45, 7) is 2.47. The Morgan fingerprint density at radius 2 is 1.97 bits per heavy atom. The molecule has 0 fully saturated rings. The first-order valence-electron chi connectivity index (χ1n) is 10.9. The lowest BCUT2D eigenvalue weighted by Crippen LogP contribution is -2.07. The number of fused-ring (bicyclic) bond motifs is 1. The van der Waals surface area contributed by atoms with E-state index in [1.165, 1.54) is 12.1 Å². The van der Waals surface area contributed by atoms with E-state index in [4.69, 9.17) is 26.2 Å². The predicted molar refractivity (Wildman–Crippen MR) is 133 cm³/mol. The largest absolute Gasteiger partial charge is 0.493 e. The molecule has 0 spiro atoms. The first-order chi connectivity index (χ1) is 16.4. The van der Waals surface area contributed by atoms with Crippen molar-refractivity contribution in [2.45, 2.75) is 19.3 Å². The van der Waals surface area contributed by atoms with Crippen LogP contribution in [0.25, 0.3) is 17.2 Å². The second-order valence-corrected chi connectivity index (χ2v) is 8.31. The SMILES string of the molecule is CC/C(=C(/c1ccc(/C=C/C(=O)O)cc1)C1COc2c(OC)cccc21)c1ccc(F)cc1Cl. The number of para-hydroxylation sites is 1. The van der Waals surface area contributed by atoms with E-state index in [9.17, 15) is 9.18 Å². The van der Waals surface area contributed by atoms with Gasteiger partial charge in [-0.1, -0.05) is 61.0 Å². The van der Waals surface area contributed by atoms with Crippen molar-refractivity contribution in [1.82, 2.24) is 0 Å². The molecule has 4 nitrogen and oxygen atoms in total. The average Bonchev–Trinajstić information content (AvgIpc) is 3.26. The van der Waals surface area contributed by atoms with Gasteiger partial charge in [0.25, 0.3) is 0 Å². The van der Waals surface area contributed by atoms with Crippen molar-refractivity contribution >= 4 is 34.8 Å². The number of benzene rings is 3. The van der Waals surface area contributed by atoms with Gasteiger partial charge in [-0.05, 0) is 58.5 Å². The van der Waals surface area contributed by atoms with Crippen LogP contribution in [0, 0.1) is 5.82 Å². The van der Waals surface area contributed by atoms with Gasteiger partial charge in [0.2, 0.25) is 0 Å². The lowest BCUT2D eigenvalue weighted by atomic mass is 9.81. The van der Waals surface area contributed by atoms with E-state index in [0.29, 0.717) is 29.5 Å². The molecule has 6 heteroatoms. The molecule has 0 bridgehead atoms. The molecule has 174 valence electrons. The summed E-state index contributed by atoms with van der Waals surface area (Å²) in [6, 6.07) is 17.9. The highest BCUT2D eigenvalue weighted by Crippen LogP contribution is 2.49. The number of ether oxygens (including phenoxy) is 2. The maximum atomic E-state index is 13.8. The molecule has 1 aliphatic rings. The maximum Gasteiger partial charge on any atom is 0.328 e. The molecular weight excluding hydrogens is 455 g/mol. The average molecular weight is 479 g/mol. The van der Waals surface area contributed by atoms with Gasteiger partial charge in [0, 0.05) is 17.6 Å². The molecule has 1 unspecified atom stereocenters. The van der Waals surface area contributed by atoms with Crippen molar-refractivity contribution in [1.29, 1.82) is 0 Å². The van der Waals surface area contributed by atoms with Crippen molar-refractivity contribution in [2.24, 2.45) is 0 Å². The molecule has 0 aliphatic carbocycles. The fourth-order valence-electron chi connectivity index (χ4n) is 4.40. The topological polar surface area (TPSA) is 55.8 Å². The summed E-state index contributed by atoms with van der Waals surface area (Å²) in [6.07, 6.45) is 3.32. The lowest BCUT2D eigenvalue weighted by molar-refractivity contribution is -0.131. The number of methoxy groups -OCH3 is 1. The summed E-state index contributed by atoms with van der Waals surface area (Å²) >= 11 is 6.50. The summed E-state index contributed by atoms with van der Waals surface area (Å²) in [5.74, 6) is -0.0979. The molecular formula is C28H24ClFO4. The van der Waals surface area contributed by atoms with Crippen LogP contribution in [0.15, 0.2) is 66.7 Å². The molecule has 0 saturated carbocycles. The predicted octanol–water partition coefficient (Wildman–Crippen LogP) is 7.08. The third-order valence-corrected chi connectivity index (χ3v) is 6.24. The third kappa shape index (κ3) is 4.70. The maximum absolute atomic E-state index is 13.8. The fourth-order valence-corrected chi connectivity index (χ4v) is 4.69. The molecule has 0 saturated heterocycles. The molecule has 0 aromatic heterocycles. The molecule has 34 heavy (non-hydrogen) atoms. The zero-order chi connectivity index (χ0) is 24.2. The zero-order valence-corrected chi connectivity index (χ0v) is 19.6. The number of aliphatic carboxylic acids is 1. The van der Waals surface area contributed by atoms with E-state index < -0.39 is 5.97 Å². The Morgan fingerprint density at radius 3 is 2.62 bits per heavy atom. The highest BCUT2D eigenvalue weighted by atomic mass is 35.5. The van der Waals surface area contributed by atoms with Gasteiger partial charge in [-0.15, -0.1) is 0 Å². The number of carboxylic acid groups (broad SMARTS) is 1. The van der Waals surface area contributed by atoms with E-state index in [2.05, 4.69) is 0 Å². The molecule has 4 rings (SSSR count). The normalized spacial score (nSPS) is 15.6. The minimum Gasteiger partial charge on any atom is -0.493 e. The van der Waals surface area contributed by atoms with Gasteiger partial charge in [-0.2, -0.15) is 0 Å². The monoisotopic (exact) mass is 478 g/mol. The number of allylic oxidation sites excluding steroid dienone is 1. The third-order valence-electron chi connectivity index (χ3n) is 5.92. The van der Waals surface area contributed by atoms with Gasteiger partial charge in [0.15, 0.2) is 11.5 Å². The quantitative estimate of drug-likeness (QED) is 0.291. The zero-order valence-electron chi connectivity index (χ0n) is 18.8. The smallest absolute Gasteiger partial charge is 0.328 e. The van der Waals surface area contributed by atoms with E-state index in [1.54, 1.807) is 19.3 Å². The molecule has 3 aromatic rings. The van der Waals surface area contributed by atoms with Gasteiger partial charge < -0.3 is 14.6 Å². The Bertz CT molecular complexity index is 1280. The second kappa shape index (κ2) is 10.1. The number of carbonyl (C=O) groups is 1. The summed E-state index contributed by atoms with van der Waals surface area (Å²) in [4.78, 5) is 10.9. The van der Waals surface area contributed by atoms with Gasteiger partial charge in [0.05, 0.1) is 18.7 Å². The van der Waals surface area contributed by atoms with Gasteiger partial charge in [-0.3, -0.25) is 0 Å². The minimum absolute atomic E-state index is 0.0958. The van der Waals surface area contributed by atoms with E-state index in [0.717, 1.165) is 39.5 Å². The summed E-state index contributed by atoms with van der Waals surface area (Å²) in [5, 5.41) is 9.26.